The second-order valence-electron chi connectivity index (χ2n) is 4.64. The summed E-state index contributed by atoms with van der Waals surface area (Å²) in [6, 6.07) is -0.382. The number of benzene rings is 1. The molecule has 8 nitrogen and oxygen atoms in total. The summed E-state index contributed by atoms with van der Waals surface area (Å²) in [7, 11) is 0. The van der Waals surface area contributed by atoms with Gasteiger partial charge in [0.2, 0.25) is 11.8 Å². The Balaban J connectivity index is 2.49. The van der Waals surface area contributed by atoms with Crippen molar-refractivity contribution in [3.8, 4) is 5.75 Å². The highest BCUT2D eigenvalue weighted by molar-refractivity contribution is 6.05. The van der Waals surface area contributed by atoms with E-state index in [0.717, 1.165) is 12.1 Å². The van der Waals surface area contributed by atoms with E-state index in [4.69, 9.17) is 16.2 Å². The van der Waals surface area contributed by atoms with Gasteiger partial charge < -0.3 is 26.8 Å². The van der Waals surface area contributed by atoms with E-state index in [0.29, 0.717) is 6.07 Å². The molecule has 6 N–H and O–H groups in total. The maximum Gasteiger partial charge on any atom is 0.316 e. The van der Waals surface area contributed by atoms with Crippen LogP contribution in [-0.4, -0.2) is 36.5 Å². The van der Waals surface area contributed by atoms with Crippen molar-refractivity contribution in [1.82, 2.24) is 10.6 Å². The fourth-order valence-electron chi connectivity index (χ4n) is 1.53. The van der Waals surface area contributed by atoms with Crippen LogP contribution in [0.2, 0.25) is 0 Å². The van der Waals surface area contributed by atoms with Gasteiger partial charge in [-0.25, -0.2) is 13.6 Å². The fraction of sp³-hybridized carbons (Fsp3) is 0.308. The summed E-state index contributed by atoms with van der Waals surface area (Å²) in [5.41, 5.74) is 9.80. The van der Waals surface area contributed by atoms with E-state index in [2.05, 4.69) is 5.32 Å². The van der Waals surface area contributed by atoms with E-state index >= 15 is 0 Å². The molecule has 0 spiro atoms. The van der Waals surface area contributed by atoms with Crippen molar-refractivity contribution in [3.63, 3.8) is 0 Å². The molecular formula is C13H16F2N4O4. The van der Waals surface area contributed by atoms with Gasteiger partial charge in [0, 0.05) is 6.07 Å². The molecule has 10 heteroatoms. The third-order valence-electron chi connectivity index (χ3n) is 2.60. The number of carbonyl (C=O) groups excluding carboxylic acids is 3. The molecule has 0 aliphatic carbocycles. The number of carbonyl (C=O) groups is 3. The van der Waals surface area contributed by atoms with Crippen LogP contribution >= 0.6 is 0 Å². The molecule has 0 saturated heterocycles. The lowest BCUT2D eigenvalue weighted by Gasteiger charge is -2.17. The Bertz CT molecular complexity index is 598. The molecule has 0 unspecified atom stereocenters. The number of hydrogen-bond acceptors (Lipinski definition) is 4. The molecule has 0 saturated carbocycles. The molecule has 1 rings (SSSR count). The van der Waals surface area contributed by atoms with Gasteiger partial charge in [-0.05, 0) is 19.1 Å². The van der Waals surface area contributed by atoms with E-state index in [1.165, 1.54) is 6.92 Å². The topological polar surface area (TPSA) is 137 Å². The van der Waals surface area contributed by atoms with Crippen molar-refractivity contribution < 1.29 is 27.9 Å². The number of nitrogens with two attached hydrogens (primary N) is 2. The summed E-state index contributed by atoms with van der Waals surface area (Å²) in [5.74, 6) is -4.03. The number of hydrogen-bond donors (Lipinski definition) is 4. The number of rotatable bonds is 7. The zero-order valence-electron chi connectivity index (χ0n) is 12.1. The van der Waals surface area contributed by atoms with Crippen molar-refractivity contribution in [2.45, 2.75) is 19.0 Å². The second-order valence-corrected chi connectivity index (χ2v) is 4.64. The standard InChI is InChI=1S/C13H16F2N4O4/c1-6(5-23-9-3-2-7(14)4-8(9)15)18-13(22)19-10(11(16)20)12(17)21/h2-4,6,10H,5H2,1H3,(H2,16,20)(H2,17,21)(H2,18,19,22)/t6-/m0/s1. The lowest BCUT2D eigenvalue weighted by molar-refractivity contribution is -0.128. The first kappa shape index (κ1) is 18.1. The Hall–Kier alpha value is -2.91. The molecule has 0 aromatic heterocycles. The zero-order valence-corrected chi connectivity index (χ0v) is 12.1. The van der Waals surface area contributed by atoms with Crippen molar-refractivity contribution in [2.24, 2.45) is 11.5 Å². The monoisotopic (exact) mass is 330 g/mol. The molecule has 0 bridgehead atoms. The Kier molecular flexibility index (Phi) is 6.24. The fourth-order valence-corrected chi connectivity index (χ4v) is 1.53. The second kappa shape index (κ2) is 7.92. The van der Waals surface area contributed by atoms with Crippen molar-refractivity contribution in [2.75, 3.05) is 6.61 Å². The van der Waals surface area contributed by atoms with Crippen LogP contribution in [0.25, 0.3) is 0 Å². The van der Waals surface area contributed by atoms with Crippen molar-refractivity contribution in [1.29, 1.82) is 0 Å². The molecule has 0 radical (unpaired) electrons. The number of urea groups is 1. The Morgan fingerprint density at radius 2 is 1.78 bits per heavy atom. The highest BCUT2D eigenvalue weighted by Crippen LogP contribution is 2.17. The number of amides is 4. The van der Waals surface area contributed by atoms with Crippen molar-refractivity contribution in [3.05, 3.63) is 29.8 Å². The zero-order chi connectivity index (χ0) is 17.6. The minimum absolute atomic E-state index is 0.145. The van der Waals surface area contributed by atoms with Crippen LogP contribution in [-0.2, 0) is 9.59 Å². The van der Waals surface area contributed by atoms with Gasteiger partial charge in [-0.2, -0.15) is 0 Å². The van der Waals surface area contributed by atoms with Gasteiger partial charge in [0.25, 0.3) is 0 Å². The SMILES string of the molecule is C[C@@H](COc1ccc(F)cc1F)NC(=O)NC(C(N)=O)C(N)=O. The molecule has 0 fully saturated rings. The van der Waals surface area contributed by atoms with Crippen LogP contribution in [0.15, 0.2) is 18.2 Å². The quantitative estimate of drug-likeness (QED) is 0.495. The average molecular weight is 330 g/mol. The average Bonchev–Trinajstić information content (AvgIpc) is 2.43. The van der Waals surface area contributed by atoms with Gasteiger partial charge in [0.15, 0.2) is 17.6 Å². The van der Waals surface area contributed by atoms with E-state index in [1.54, 1.807) is 0 Å². The normalized spacial score (nSPS) is 11.7. The first-order valence-corrected chi connectivity index (χ1v) is 6.44. The first-order valence-electron chi connectivity index (χ1n) is 6.44. The predicted molar refractivity (Wildman–Crippen MR) is 75.2 cm³/mol. The summed E-state index contributed by atoms with van der Waals surface area (Å²) in [5, 5.41) is 4.32. The summed E-state index contributed by atoms with van der Waals surface area (Å²) in [6.07, 6.45) is 0. The van der Waals surface area contributed by atoms with Gasteiger partial charge in [-0.1, -0.05) is 0 Å². The number of ether oxygens (including phenoxy) is 1. The lowest BCUT2D eigenvalue weighted by atomic mass is 10.2. The molecule has 1 aromatic rings. The Labute approximate surface area is 130 Å². The number of nitrogens with one attached hydrogen (secondary N) is 2. The van der Waals surface area contributed by atoms with Crippen LogP contribution in [0.1, 0.15) is 6.92 Å². The molecule has 1 aromatic carbocycles. The number of primary amides is 2. The number of halogens is 2. The van der Waals surface area contributed by atoms with Crippen LogP contribution in [0.4, 0.5) is 13.6 Å². The highest BCUT2D eigenvalue weighted by Gasteiger charge is 2.24. The summed E-state index contributed by atoms with van der Waals surface area (Å²) in [4.78, 5) is 33.4. The molecule has 0 heterocycles. The lowest BCUT2D eigenvalue weighted by Crippen LogP contribution is -2.56. The predicted octanol–water partition coefficient (Wildman–Crippen LogP) is -0.629. The van der Waals surface area contributed by atoms with Crippen LogP contribution in [0.3, 0.4) is 0 Å². The third-order valence-corrected chi connectivity index (χ3v) is 2.60. The smallest absolute Gasteiger partial charge is 0.316 e. The molecule has 4 amide bonds. The van der Waals surface area contributed by atoms with E-state index in [-0.39, 0.29) is 12.4 Å². The maximum atomic E-state index is 13.3. The molecule has 126 valence electrons. The summed E-state index contributed by atoms with van der Waals surface area (Å²) in [6.45, 7) is 1.37. The van der Waals surface area contributed by atoms with Gasteiger partial charge in [-0.3, -0.25) is 9.59 Å². The van der Waals surface area contributed by atoms with Crippen LogP contribution in [0.5, 0.6) is 5.75 Å². The Morgan fingerprint density at radius 3 is 2.30 bits per heavy atom. The molecule has 0 aliphatic rings. The van der Waals surface area contributed by atoms with Gasteiger partial charge >= 0.3 is 6.03 Å². The minimum atomic E-state index is -1.65. The first-order chi connectivity index (χ1) is 10.7. The Morgan fingerprint density at radius 1 is 1.17 bits per heavy atom. The highest BCUT2D eigenvalue weighted by atomic mass is 19.1. The molecule has 1 atom stereocenters. The summed E-state index contributed by atoms with van der Waals surface area (Å²) < 4.78 is 31.2. The van der Waals surface area contributed by atoms with E-state index in [1.807, 2.05) is 5.32 Å². The van der Waals surface area contributed by atoms with Crippen LogP contribution < -0.4 is 26.8 Å². The van der Waals surface area contributed by atoms with Crippen molar-refractivity contribution >= 4 is 17.8 Å². The van der Waals surface area contributed by atoms with Gasteiger partial charge in [0.1, 0.15) is 12.4 Å². The largest absolute Gasteiger partial charge is 0.488 e. The summed E-state index contributed by atoms with van der Waals surface area (Å²) >= 11 is 0. The third kappa shape index (κ3) is 5.77. The van der Waals surface area contributed by atoms with E-state index in [9.17, 15) is 23.2 Å². The van der Waals surface area contributed by atoms with Gasteiger partial charge in [0.05, 0.1) is 6.04 Å². The molecular weight excluding hydrogens is 314 g/mol. The van der Waals surface area contributed by atoms with Gasteiger partial charge in [-0.15, -0.1) is 0 Å². The minimum Gasteiger partial charge on any atom is -0.488 e. The maximum absolute atomic E-state index is 13.3. The van der Waals surface area contributed by atoms with Crippen LogP contribution in [0, 0.1) is 11.6 Å². The molecule has 23 heavy (non-hydrogen) atoms. The molecule has 0 aliphatic heterocycles. The van der Waals surface area contributed by atoms with E-state index < -0.39 is 41.6 Å².